The van der Waals surface area contributed by atoms with Gasteiger partial charge in [0.25, 0.3) is 5.91 Å². The molecule has 31 heavy (non-hydrogen) atoms. The van der Waals surface area contributed by atoms with E-state index in [1.165, 1.54) is 0 Å². The summed E-state index contributed by atoms with van der Waals surface area (Å²) in [5.74, 6) is -0.417. The number of nitrogens with one attached hydrogen (secondary N) is 2. The average molecular weight is 412 g/mol. The summed E-state index contributed by atoms with van der Waals surface area (Å²) in [6.45, 7) is 2.53. The molecule has 2 amide bonds. The molecule has 5 nitrogen and oxygen atoms in total. The minimum absolute atomic E-state index is 0.131. The van der Waals surface area contributed by atoms with Crippen LogP contribution in [0.25, 0.3) is 5.70 Å². The first-order chi connectivity index (χ1) is 15.1. The van der Waals surface area contributed by atoms with Gasteiger partial charge in [-0.25, -0.2) is 0 Å². The van der Waals surface area contributed by atoms with E-state index < -0.39 is 6.04 Å². The molecule has 1 aliphatic rings. The SMILES string of the molecule is C[C@H]1NC(c2ccccc2)=C(C(=O)NCc2ccccc2)N(Cc2ccccc2)C1=O. The molecule has 0 fully saturated rings. The van der Waals surface area contributed by atoms with Crippen LogP contribution >= 0.6 is 0 Å². The van der Waals surface area contributed by atoms with Crippen molar-refractivity contribution in [2.45, 2.75) is 26.1 Å². The van der Waals surface area contributed by atoms with Gasteiger partial charge in [-0.15, -0.1) is 0 Å². The molecule has 0 aliphatic carbocycles. The molecule has 156 valence electrons. The molecule has 0 unspecified atom stereocenters. The van der Waals surface area contributed by atoms with Gasteiger partial charge in [0, 0.05) is 6.54 Å². The molecule has 5 heteroatoms. The van der Waals surface area contributed by atoms with Crippen LogP contribution in [0.5, 0.6) is 0 Å². The van der Waals surface area contributed by atoms with E-state index in [2.05, 4.69) is 10.6 Å². The Labute approximate surface area is 182 Å². The molecular formula is C26H25N3O2. The lowest BCUT2D eigenvalue weighted by Crippen LogP contribution is -2.52. The molecule has 1 atom stereocenters. The number of amides is 2. The molecule has 3 aromatic carbocycles. The van der Waals surface area contributed by atoms with E-state index >= 15 is 0 Å². The Morgan fingerprint density at radius 3 is 2.03 bits per heavy atom. The second-order valence-electron chi connectivity index (χ2n) is 7.53. The summed E-state index contributed by atoms with van der Waals surface area (Å²) >= 11 is 0. The molecule has 0 saturated heterocycles. The monoisotopic (exact) mass is 411 g/mol. The summed E-state index contributed by atoms with van der Waals surface area (Å²) in [5, 5.41) is 6.24. The lowest BCUT2D eigenvalue weighted by molar-refractivity contribution is -0.135. The zero-order chi connectivity index (χ0) is 21.6. The molecule has 0 radical (unpaired) electrons. The van der Waals surface area contributed by atoms with Crippen LogP contribution in [0.1, 0.15) is 23.6 Å². The molecule has 2 N–H and O–H groups in total. The predicted molar refractivity (Wildman–Crippen MR) is 121 cm³/mol. The second-order valence-corrected chi connectivity index (χ2v) is 7.53. The van der Waals surface area contributed by atoms with Crippen molar-refractivity contribution in [3.63, 3.8) is 0 Å². The van der Waals surface area contributed by atoms with E-state index in [1.54, 1.807) is 4.90 Å². The van der Waals surface area contributed by atoms with E-state index in [0.717, 1.165) is 16.7 Å². The highest BCUT2D eigenvalue weighted by Crippen LogP contribution is 2.27. The van der Waals surface area contributed by atoms with Gasteiger partial charge in [0.2, 0.25) is 5.91 Å². The summed E-state index contributed by atoms with van der Waals surface area (Å²) in [5.41, 5.74) is 3.83. The summed E-state index contributed by atoms with van der Waals surface area (Å²) < 4.78 is 0. The highest BCUT2D eigenvalue weighted by atomic mass is 16.2. The normalized spacial score (nSPS) is 16.1. The first-order valence-electron chi connectivity index (χ1n) is 10.4. The molecule has 0 saturated carbocycles. The van der Waals surface area contributed by atoms with Crippen molar-refractivity contribution in [2.24, 2.45) is 0 Å². The summed E-state index contributed by atoms with van der Waals surface area (Å²) in [7, 11) is 0. The number of hydrogen-bond donors (Lipinski definition) is 2. The van der Waals surface area contributed by atoms with Crippen LogP contribution in [0.4, 0.5) is 0 Å². The molecule has 1 aliphatic heterocycles. The molecule has 0 bridgehead atoms. The van der Waals surface area contributed by atoms with Gasteiger partial charge in [-0.2, -0.15) is 0 Å². The Balaban J connectivity index is 1.73. The van der Waals surface area contributed by atoms with Gasteiger partial charge in [-0.3, -0.25) is 14.5 Å². The van der Waals surface area contributed by atoms with Crippen molar-refractivity contribution >= 4 is 17.5 Å². The van der Waals surface area contributed by atoms with Crippen molar-refractivity contribution in [1.29, 1.82) is 0 Å². The zero-order valence-corrected chi connectivity index (χ0v) is 17.4. The molecular weight excluding hydrogens is 386 g/mol. The summed E-state index contributed by atoms with van der Waals surface area (Å²) in [6, 6.07) is 28.7. The number of rotatable bonds is 6. The average Bonchev–Trinajstić information content (AvgIpc) is 2.82. The van der Waals surface area contributed by atoms with Crippen molar-refractivity contribution in [2.75, 3.05) is 0 Å². The topological polar surface area (TPSA) is 61.4 Å². The van der Waals surface area contributed by atoms with E-state index in [9.17, 15) is 9.59 Å². The first-order valence-corrected chi connectivity index (χ1v) is 10.4. The van der Waals surface area contributed by atoms with E-state index in [1.807, 2.05) is 97.9 Å². The highest BCUT2D eigenvalue weighted by Gasteiger charge is 2.35. The maximum absolute atomic E-state index is 13.4. The fraction of sp³-hybridized carbons (Fsp3) is 0.154. The smallest absolute Gasteiger partial charge is 0.270 e. The van der Waals surface area contributed by atoms with Gasteiger partial charge >= 0.3 is 0 Å². The zero-order valence-electron chi connectivity index (χ0n) is 17.4. The maximum atomic E-state index is 13.4. The van der Waals surface area contributed by atoms with Gasteiger partial charge < -0.3 is 10.6 Å². The van der Waals surface area contributed by atoms with E-state index in [4.69, 9.17) is 0 Å². The van der Waals surface area contributed by atoms with Crippen LogP contribution < -0.4 is 10.6 Å². The number of carbonyl (C=O) groups excluding carboxylic acids is 2. The van der Waals surface area contributed by atoms with Crippen LogP contribution in [0.15, 0.2) is 96.7 Å². The van der Waals surface area contributed by atoms with Crippen LogP contribution in [-0.4, -0.2) is 22.8 Å². The first kappa shape index (κ1) is 20.4. The Bertz CT molecular complexity index is 1080. The van der Waals surface area contributed by atoms with Crippen LogP contribution in [0, 0.1) is 0 Å². The van der Waals surface area contributed by atoms with Crippen LogP contribution in [0.2, 0.25) is 0 Å². The Morgan fingerprint density at radius 1 is 0.871 bits per heavy atom. The predicted octanol–water partition coefficient (Wildman–Crippen LogP) is 3.69. The van der Waals surface area contributed by atoms with E-state index in [0.29, 0.717) is 24.5 Å². The molecule has 1 heterocycles. The third-order valence-corrected chi connectivity index (χ3v) is 5.26. The molecule has 0 aromatic heterocycles. The molecule has 3 aromatic rings. The van der Waals surface area contributed by atoms with Crippen LogP contribution in [0.3, 0.4) is 0 Å². The van der Waals surface area contributed by atoms with Gasteiger partial charge in [0.15, 0.2) is 0 Å². The number of nitrogens with zero attached hydrogens (tertiary/aromatic N) is 1. The maximum Gasteiger partial charge on any atom is 0.270 e. The molecule has 0 spiro atoms. The van der Waals surface area contributed by atoms with Crippen molar-refractivity contribution in [1.82, 2.24) is 15.5 Å². The Kier molecular flexibility index (Phi) is 6.13. The van der Waals surface area contributed by atoms with Gasteiger partial charge in [-0.1, -0.05) is 91.0 Å². The summed E-state index contributed by atoms with van der Waals surface area (Å²) in [6.07, 6.45) is 0. The highest BCUT2D eigenvalue weighted by molar-refractivity contribution is 6.06. The standard InChI is InChI=1S/C26H25N3O2/c1-19-26(31)29(18-21-13-7-3-8-14-21)24(23(28-19)22-15-9-4-10-16-22)25(30)27-17-20-11-5-2-6-12-20/h2-16,19,28H,17-18H2,1H3,(H,27,30)/t19-/m1/s1. The van der Waals surface area contributed by atoms with Crippen molar-refractivity contribution < 1.29 is 9.59 Å². The van der Waals surface area contributed by atoms with Crippen LogP contribution in [-0.2, 0) is 22.7 Å². The molecule has 4 rings (SSSR count). The third-order valence-electron chi connectivity index (χ3n) is 5.26. The second kappa shape index (κ2) is 9.30. The van der Waals surface area contributed by atoms with Gasteiger partial charge in [0.05, 0.1) is 12.2 Å². The van der Waals surface area contributed by atoms with Gasteiger partial charge in [0.1, 0.15) is 11.7 Å². The van der Waals surface area contributed by atoms with E-state index in [-0.39, 0.29) is 11.8 Å². The lowest BCUT2D eigenvalue weighted by atomic mass is 10.0. The lowest BCUT2D eigenvalue weighted by Gasteiger charge is -2.35. The minimum Gasteiger partial charge on any atom is -0.372 e. The largest absolute Gasteiger partial charge is 0.372 e. The Morgan fingerprint density at radius 2 is 1.42 bits per heavy atom. The van der Waals surface area contributed by atoms with Gasteiger partial charge in [-0.05, 0) is 23.6 Å². The number of benzene rings is 3. The number of hydrogen-bond acceptors (Lipinski definition) is 3. The fourth-order valence-electron chi connectivity index (χ4n) is 3.67. The fourth-order valence-corrected chi connectivity index (χ4v) is 3.67. The Hall–Kier alpha value is -3.86. The van der Waals surface area contributed by atoms with Crippen molar-refractivity contribution in [3.8, 4) is 0 Å². The van der Waals surface area contributed by atoms with Crippen molar-refractivity contribution in [3.05, 3.63) is 113 Å². The minimum atomic E-state index is -0.440. The third kappa shape index (κ3) is 4.67. The summed E-state index contributed by atoms with van der Waals surface area (Å²) in [4.78, 5) is 28.1. The quantitative estimate of drug-likeness (QED) is 0.650. The number of carbonyl (C=O) groups is 2.